The molecule has 17 atom stereocenters. The van der Waals surface area contributed by atoms with Crippen LogP contribution in [0.25, 0.3) is 0 Å². The number of aliphatic hydroxyl groups is 11. The molecular formula is C78H147NO18. The number of aliphatic hydroxyl groups excluding tert-OH is 11. The molecule has 3 aliphatic rings. The average Bonchev–Trinajstić information content (AvgIpc) is 0.795. The molecule has 3 saturated heterocycles. The van der Waals surface area contributed by atoms with Gasteiger partial charge in [-0.3, -0.25) is 4.79 Å². The monoisotopic (exact) mass is 1390 g/mol. The number of rotatable bonds is 64. The van der Waals surface area contributed by atoms with Gasteiger partial charge in [0.25, 0.3) is 0 Å². The van der Waals surface area contributed by atoms with Crippen molar-refractivity contribution in [3.8, 4) is 0 Å². The van der Waals surface area contributed by atoms with Gasteiger partial charge in [-0.1, -0.05) is 308 Å². The van der Waals surface area contributed by atoms with Crippen LogP contribution in [0.3, 0.4) is 0 Å². The summed E-state index contributed by atoms with van der Waals surface area (Å²) in [7, 11) is 0. The number of amides is 1. The predicted octanol–water partition coefficient (Wildman–Crippen LogP) is 13.0. The van der Waals surface area contributed by atoms with Crippen LogP contribution in [0, 0.1) is 0 Å². The Kier molecular flexibility index (Phi) is 55.0. The van der Waals surface area contributed by atoms with Gasteiger partial charge in [0.2, 0.25) is 5.91 Å². The predicted molar refractivity (Wildman–Crippen MR) is 383 cm³/mol. The number of ether oxygens (including phenoxy) is 6. The van der Waals surface area contributed by atoms with Crippen molar-refractivity contribution in [3.05, 3.63) is 24.3 Å². The van der Waals surface area contributed by atoms with Crippen molar-refractivity contribution in [1.29, 1.82) is 0 Å². The fourth-order valence-corrected chi connectivity index (χ4v) is 13.8. The summed E-state index contributed by atoms with van der Waals surface area (Å²) in [6.45, 7) is 1.78. The molecule has 19 heteroatoms. The Labute approximate surface area is 588 Å². The topological polar surface area (TPSA) is 307 Å². The molecule has 0 aliphatic carbocycles. The molecule has 19 nitrogen and oxygen atoms in total. The van der Waals surface area contributed by atoms with Crippen LogP contribution in [0.15, 0.2) is 24.3 Å². The maximum Gasteiger partial charge on any atom is 0.220 e. The molecule has 0 radical (unpaired) electrons. The van der Waals surface area contributed by atoms with E-state index in [-0.39, 0.29) is 18.9 Å². The SMILES string of the molecule is CCCCCCCC/C=C\CCCCCCCCCCCC(=O)NC(COC1OC(CO)C(OC2OC(CO)C(OC3OC(CO)C(O)C(O)C3O)C(O)C2O)C(O)C1O)C(O)/C=C/CCCCCCCCCCCCCCCCCCCCCCCCCCCCCCCCC. The molecule has 0 aromatic heterocycles. The zero-order valence-electron chi connectivity index (χ0n) is 61.1. The number of hydrogen-bond donors (Lipinski definition) is 12. The Morgan fingerprint density at radius 2 is 0.649 bits per heavy atom. The second-order valence-corrected chi connectivity index (χ2v) is 28.9. The fourth-order valence-electron chi connectivity index (χ4n) is 13.8. The zero-order chi connectivity index (χ0) is 70.4. The van der Waals surface area contributed by atoms with Gasteiger partial charge in [0.05, 0.1) is 38.6 Å². The van der Waals surface area contributed by atoms with Gasteiger partial charge in [-0.05, 0) is 44.9 Å². The largest absolute Gasteiger partial charge is 0.394 e. The summed E-state index contributed by atoms with van der Waals surface area (Å²) in [5.74, 6) is -0.273. The molecular weight excluding hydrogens is 1240 g/mol. The molecule has 0 aromatic rings. The smallest absolute Gasteiger partial charge is 0.220 e. The van der Waals surface area contributed by atoms with Crippen LogP contribution >= 0.6 is 0 Å². The molecule has 572 valence electrons. The Balaban J connectivity index is 1.36. The molecule has 17 unspecified atom stereocenters. The number of nitrogens with one attached hydrogen (secondary N) is 1. The number of unbranched alkanes of at least 4 members (excludes halogenated alkanes) is 46. The number of hydrogen-bond acceptors (Lipinski definition) is 18. The van der Waals surface area contributed by atoms with Crippen molar-refractivity contribution < 1.29 is 89.4 Å². The molecule has 3 heterocycles. The molecule has 3 rings (SSSR count). The summed E-state index contributed by atoms with van der Waals surface area (Å²) in [6, 6.07) is -0.974. The van der Waals surface area contributed by atoms with Gasteiger partial charge < -0.3 is 89.9 Å². The third-order valence-corrected chi connectivity index (χ3v) is 20.2. The number of carbonyl (C=O) groups excluding carboxylic acids is 1. The molecule has 97 heavy (non-hydrogen) atoms. The summed E-state index contributed by atoms with van der Waals surface area (Å²) < 4.78 is 34.4. The summed E-state index contributed by atoms with van der Waals surface area (Å²) in [5.41, 5.74) is 0. The lowest BCUT2D eigenvalue weighted by Crippen LogP contribution is -2.66. The van der Waals surface area contributed by atoms with E-state index in [1.54, 1.807) is 6.08 Å². The van der Waals surface area contributed by atoms with Gasteiger partial charge in [0.15, 0.2) is 18.9 Å². The zero-order valence-corrected chi connectivity index (χ0v) is 61.1. The first-order chi connectivity index (χ1) is 47.3. The Morgan fingerprint density at radius 3 is 1.00 bits per heavy atom. The second kappa shape index (κ2) is 59.6. The van der Waals surface area contributed by atoms with Crippen LogP contribution < -0.4 is 5.32 Å². The van der Waals surface area contributed by atoms with Crippen LogP contribution in [-0.2, 0) is 33.2 Å². The van der Waals surface area contributed by atoms with Crippen LogP contribution in [0.4, 0.5) is 0 Å². The van der Waals surface area contributed by atoms with Crippen LogP contribution in [0.1, 0.15) is 335 Å². The van der Waals surface area contributed by atoms with Crippen molar-refractivity contribution in [2.45, 2.75) is 439 Å². The minimum Gasteiger partial charge on any atom is -0.394 e. The van der Waals surface area contributed by atoms with Gasteiger partial charge in [-0.25, -0.2) is 0 Å². The van der Waals surface area contributed by atoms with Crippen LogP contribution in [0.2, 0.25) is 0 Å². The summed E-state index contributed by atoms with van der Waals surface area (Å²) in [5, 5.41) is 121. The van der Waals surface area contributed by atoms with E-state index < -0.39 is 124 Å². The quantitative estimate of drug-likeness (QED) is 0.0199. The highest BCUT2D eigenvalue weighted by atomic mass is 16.8. The highest BCUT2D eigenvalue weighted by molar-refractivity contribution is 5.76. The van der Waals surface area contributed by atoms with E-state index in [4.69, 9.17) is 28.4 Å². The average molecular weight is 1390 g/mol. The summed E-state index contributed by atoms with van der Waals surface area (Å²) >= 11 is 0. The molecule has 0 saturated carbocycles. The van der Waals surface area contributed by atoms with Crippen molar-refractivity contribution in [1.82, 2.24) is 5.32 Å². The maximum atomic E-state index is 13.4. The Morgan fingerprint density at radius 1 is 0.361 bits per heavy atom. The van der Waals surface area contributed by atoms with Gasteiger partial charge in [-0.2, -0.15) is 0 Å². The highest BCUT2D eigenvalue weighted by Gasteiger charge is 2.54. The normalized spacial score (nSPS) is 27.0. The third-order valence-electron chi connectivity index (χ3n) is 20.2. The van der Waals surface area contributed by atoms with Crippen LogP contribution in [0.5, 0.6) is 0 Å². The minimum atomic E-state index is -1.98. The second-order valence-electron chi connectivity index (χ2n) is 28.9. The van der Waals surface area contributed by atoms with E-state index in [1.165, 1.54) is 257 Å². The number of allylic oxidation sites excluding steroid dienone is 3. The third kappa shape index (κ3) is 40.2. The summed E-state index contributed by atoms with van der Waals surface area (Å²) in [4.78, 5) is 13.4. The molecule has 0 bridgehead atoms. The molecule has 3 aliphatic heterocycles. The lowest BCUT2D eigenvalue weighted by atomic mass is 9.96. The molecule has 3 fully saturated rings. The van der Waals surface area contributed by atoms with Crippen molar-refractivity contribution >= 4 is 5.91 Å². The molecule has 1 amide bonds. The van der Waals surface area contributed by atoms with Crippen molar-refractivity contribution in [3.63, 3.8) is 0 Å². The van der Waals surface area contributed by atoms with E-state index in [0.717, 1.165) is 51.4 Å². The van der Waals surface area contributed by atoms with E-state index in [1.807, 2.05) is 6.08 Å². The lowest BCUT2D eigenvalue weighted by Gasteiger charge is -2.48. The number of carbonyl (C=O) groups is 1. The first kappa shape index (κ1) is 89.5. The van der Waals surface area contributed by atoms with Gasteiger partial charge >= 0.3 is 0 Å². The van der Waals surface area contributed by atoms with Crippen molar-refractivity contribution in [2.24, 2.45) is 0 Å². The first-order valence-electron chi connectivity index (χ1n) is 40.1. The van der Waals surface area contributed by atoms with E-state index >= 15 is 0 Å². The lowest BCUT2D eigenvalue weighted by molar-refractivity contribution is -0.379. The first-order valence-corrected chi connectivity index (χ1v) is 40.1. The van der Waals surface area contributed by atoms with E-state index in [9.17, 15) is 61.0 Å². The van der Waals surface area contributed by atoms with Gasteiger partial charge in [-0.15, -0.1) is 0 Å². The van der Waals surface area contributed by atoms with E-state index in [2.05, 4.69) is 31.3 Å². The van der Waals surface area contributed by atoms with Gasteiger partial charge in [0.1, 0.15) is 73.2 Å². The van der Waals surface area contributed by atoms with Crippen molar-refractivity contribution in [2.75, 3.05) is 26.4 Å². The maximum absolute atomic E-state index is 13.4. The molecule has 12 N–H and O–H groups in total. The summed E-state index contributed by atoms with van der Waals surface area (Å²) in [6.07, 6.45) is 44.6. The van der Waals surface area contributed by atoms with Crippen LogP contribution in [-0.4, -0.2) is 193 Å². The molecule has 0 aromatic carbocycles. The fraction of sp³-hybridized carbons (Fsp3) is 0.936. The van der Waals surface area contributed by atoms with E-state index in [0.29, 0.717) is 6.42 Å². The highest BCUT2D eigenvalue weighted by Crippen LogP contribution is 2.33. The minimum absolute atomic E-state index is 0.243. The Hall–Kier alpha value is -1.73. The standard InChI is InChI=1S/C78H147NO18/c1-3-5-7-9-11-13-15-17-19-21-23-24-25-26-27-28-29-30-31-32-33-34-35-36-38-39-41-43-45-47-49-51-53-55-62(83)61(79-66(84)56-54-52-50-48-46-44-42-40-37-22-20-18-16-14-12-10-8-6-4-2)60-92-76-72(90)69(87)74(64(58-81)94-76)97-78-73(91)70(88)75(65(59-82)95-78)96-77-71(89)68(86)67(85)63(57-80)93-77/h18,20,53,55,61-65,67-78,80-83,85-91H,3-17,19,21-52,54,56-60H2,1-2H3,(H,79,84)/b20-18-,55-53+. The Bertz CT molecular complexity index is 1850. The van der Waals surface area contributed by atoms with Gasteiger partial charge in [0, 0.05) is 6.42 Å². The molecule has 0 spiro atoms.